The molecular weight excluding hydrogens is 330 g/mol. The minimum absolute atomic E-state index is 0.0632. The van der Waals surface area contributed by atoms with E-state index >= 15 is 0 Å². The molecule has 0 aliphatic rings. The van der Waals surface area contributed by atoms with Gasteiger partial charge in [0.1, 0.15) is 5.75 Å². The van der Waals surface area contributed by atoms with Gasteiger partial charge in [-0.1, -0.05) is 18.5 Å². The second kappa shape index (κ2) is 7.84. The van der Waals surface area contributed by atoms with Crippen LogP contribution < -0.4 is 10.1 Å². The van der Waals surface area contributed by atoms with Crippen molar-refractivity contribution in [2.75, 3.05) is 5.32 Å². The maximum Gasteiger partial charge on any atom is 0.337 e. The lowest BCUT2D eigenvalue weighted by molar-refractivity contribution is 0.0696. The molecule has 2 aromatic rings. The number of nitrogens with one attached hydrogen (secondary N) is 1. The Morgan fingerprint density at radius 2 is 1.88 bits per heavy atom. The van der Waals surface area contributed by atoms with Crippen molar-refractivity contribution in [1.82, 2.24) is 0 Å². The van der Waals surface area contributed by atoms with Crippen molar-refractivity contribution in [3.05, 3.63) is 58.6 Å². The van der Waals surface area contributed by atoms with Gasteiger partial charge in [0.05, 0.1) is 16.7 Å². The second-order valence-corrected chi connectivity index (χ2v) is 5.72. The minimum atomic E-state index is -1.15. The number of aromatic carboxylic acids is 1. The highest BCUT2D eigenvalue weighted by atomic mass is 35.5. The van der Waals surface area contributed by atoms with E-state index in [0.29, 0.717) is 17.0 Å². The molecule has 2 rings (SSSR count). The van der Waals surface area contributed by atoms with E-state index in [9.17, 15) is 9.59 Å². The molecule has 2 aromatic carbocycles. The molecule has 5 nitrogen and oxygen atoms in total. The van der Waals surface area contributed by atoms with Gasteiger partial charge in [-0.3, -0.25) is 4.79 Å². The largest absolute Gasteiger partial charge is 0.491 e. The average molecular weight is 348 g/mol. The zero-order chi connectivity index (χ0) is 17.7. The molecule has 1 atom stereocenters. The SMILES string of the molecule is CC[C@@H](C)Oc1ccc(C(=O)Nc2ccc(Cl)c(C(=O)O)c2)cc1. The number of rotatable bonds is 6. The second-order valence-electron chi connectivity index (χ2n) is 5.31. The number of anilines is 1. The summed E-state index contributed by atoms with van der Waals surface area (Å²) in [5.41, 5.74) is 0.742. The molecule has 0 saturated heterocycles. The number of carbonyl (C=O) groups excluding carboxylic acids is 1. The number of amides is 1. The first-order valence-electron chi connectivity index (χ1n) is 7.51. The first kappa shape index (κ1) is 17.8. The third-order valence-electron chi connectivity index (χ3n) is 3.48. The van der Waals surface area contributed by atoms with Crippen LogP contribution in [0.1, 0.15) is 41.0 Å². The lowest BCUT2D eigenvalue weighted by Crippen LogP contribution is -2.13. The van der Waals surface area contributed by atoms with E-state index in [-0.39, 0.29) is 22.6 Å². The highest BCUT2D eigenvalue weighted by Gasteiger charge is 2.12. The van der Waals surface area contributed by atoms with Crippen molar-refractivity contribution in [3.63, 3.8) is 0 Å². The smallest absolute Gasteiger partial charge is 0.337 e. The predicted molar refractivity (Wildman–Crippen MR) is 93.2 cm³/mol. The molecule has 24 heavy (non-hydrogen) atoms. The van der Waals surface area contributed by atoms with E-state index in [1.165, 1.54) is 12.1 Å². The summed E-state index contributed by atoms with van der Waals surface area (Å²) in [7, 11) is 0. The summed E-state index contributed by atoms with van der Waals surface area (Å²) in [6.07, 6.45) is 0.998. The van der Waals surface area contributed by atoms with E-state index in [2.05, 4.69) is 5.32 Å². The number of benzene rings is 2. The lowest BCUT2D eigenvalue weighted by atomic mass is 10.1. The summed E-state index contributed by atoms with van der Waals surface area (Å²) in [5, 5.41) is 11.8. The quantitative estimate of drug-likeness (QED) is 0.808. The van der Waals surface area contributed by atoms with Gasteiger partial charge in [-0.05, 0) is 55.8 Å². The summed E-state index contributed by atoms with van der Waals surface area (Å²) in [4.78, 5) is 23.3. The monoisotopic (exact) mass is 347 g/mol. The fourth-order valence-electron chi connectivity index (χ4n) is 1.97. The molecular formula is C18H18ClNO4. The van der Waals surface area contributed by atoms with Crippen molar-refractivity contribution >= 4 is 29.2 Å². The van der Waals surface area contributed by atoms with E-state index in [4.69, 9.17) is 21.4 Å². The van der Waals surface area contributed by atoms with Crippen LogP contribution in [-0.4, -0.2) is 23.1 Å². The van der Waals surface area contributed by atoms with Gasteiger partial charge in [-0.15, -0.1) is 0 Å². The van der Waals surface area contributed by atoms with E-state index in [1.54, 1.807) is 30.3 Å². The van der Waals surface area contributed by atoms with Crippen LogP contribution in [0.3, 0.4) is 0 Å². The number of carboxylic acid groups (broad SMARTS) is 1. The Morgan fingerprint density at radius 3 is 2.46 bits per heavy atom. The first-order valence-corrected chi connectivity index (χ1v) is 7.89. The summed E-state index contributed by atoms with van der Waals surface area (Å²) >= 11 is 5.81. The van der Waals surface area contributed by atoms with Crippen molar-refractivity contribution in [2.45, 2.75) is 26.4 Å². The van der Waals surface area contributed by atoms with Crippen LogP contribution in [0, 0.1) is 0 Å². The topological polar surface area (TPSA) is 75.6 Å². The highest BCUT2D eigenvalue weighted by molar-refractivity contribution is 6.33. The number of carboxylic acids is 1. The molecule has 0 aromatic heterocycles. The molecule has 0 saturated carbocycles. The summed E-state index contributed by atoms with van der Waals surface area (Å²) < 4.78 is 5.66. The lowest BCUT2D eigenvalue weighted by Gasteiger charge is -2.13. The van der Waals surface area contributed by atoms with Crippen molar-refractivity contribution in [1.29, 1.82) is 0 Å². The zero-order valence-corrected chi connectivity index (χ0v) is 14.1. The van der Waals surface area contributed by atoms with E-state index in [0.717, 1.165) is 6.42 Å². The third kappa shape index (κ3) is 4.49. The number of ether oxygens (including phenoxy) is 1. The Hall–Kier alpha value is -2.53. The molecule has 0 heterocycles. The van der Waals surface area contributed by atoms with Crippen molar-refractivity contribution in [3.8, 4) is 5.75 Å². The minimum Gasteiger partial charge on any atom is -0.491 e. The fourth-order valence-corrected chi connectivity index (χ4v) is 2.17. The summed E-state index contributed by atoms with van der Waals surface area (Å²) in [6, 6.07) is 11.1. The van der Waals surface area contributed by atoms with Gasteiger partial charge in [0.2, 0.25) is 0 Å². The molecule has 6 heteroatoms. The zero-order valence-electron chi connectivity index (χ0n) is 13.4. The standard InChI is InChI=1S/C18H18ClNO4/c1-3-11(2)24-14-7-4-12(5-8-14)17(21)20-13-6-9-16(19)15(10-13)18(22)23/h4-11H,3H2,1-2H3,(H,20,21)(H,22,23)/t11-/m1/s1. The van der Waals surface area contributed by atoms with Crippen LogP contribution in [-0.2, 0) is 0 Å². The Morgan fingerprint density at radius 1 is 1.21 bits per heavy atom. The van der Waals surface area contributed by atoms with Crippen LogP contribution >= 0.6 is 11.6 Å². The molecule has 0 spiro atoms. The van der Waals surface area contributed by atoms with Gasteiger partial charge >= 0.3 is 5.97 Å². The highest BCUT2D eigenvalue weighted by Crippen LogP contribution is 2.21. The summed E-state index contributed by atoms with van der Waals surface area (Å²) in [6.45, 7) is 4.01. The molecule has 0 aliphatic heterocycles. The molecule has 0 bridgehead atoms. The third-order valence-corrected chi connectivity index (χ3v) is 3.81. The van der Waals surface area contributed by atoms with Crippen molar-refractivity contribution in [2.24, 2.45) is 0 Å². The van der Waals surface area contributed by atoms with Gasteiger partial charge in [0, 0.05) is 11.3 Å². The van der Waals surface area contributed by atoms with Crippen LogP contribution in [0.25, 0.3) is 0 Å². The predicted octanol–water partition coefficient (Wildman–Crippen LogP) is 4.47. The van der Waals surface area contributed by atoms with Gasteiger partial charge in [-0.25, -0.2) is 4.79 Å². The molecule has 126 valence electrons. The average Bonchev–Trinajstić information content (AvgIpc) is 2.56. The molecule has 1 amide bonds. The molecule has 0 unspecified atom stereocenters. The Labute approximate surface area is 145 Å². The van der Waals surface area contributed by atoms with Crippen LogP contribution in [0.15, 0.2) is 42.5 Å². The number of halogens is 1. The van der Waals surface area contributed by atoms with E-state index < -0.39 is 5.97 Å². The number of carbonyl (C=O) groups is 2. The Kier molecular flexibility index (Phi) is 5.82. The number of hydrogen-bond donors (Lipinski definition) is 2. The van der Waals surface area contributed by atoms with E-state index in [1.807, 2.05) is 13.8 Å². The van der Waals surface area contributed by atoms with Crippen LogP contribution in [0.4, 0.5) is 5.69 Å². The van der Waals surface area contributed by atoms with Gasteiger partial charge in [0.25, 0.3) is 5.91 Å². The maximum absolute atomic E-state index is 12.2. The molecule has 0 fully saturated rings. The number of hydrogen-bond acceptors (Lipinski definition) is 3. The molecule has 0 aliphatic carbocycles. The van der Waals surface area contributed by atoms with Gasteiger partial charge in [0.15, 0.2) is 0 Å². The first-order chi connectivity index (χ1) is 11.4. The van der Waals surface area contributed by atoms with Gasteiger partial charge < -0.3 is 15.2 Å². The maximum atomic E-state index is 12.2. The van der Waals surface area contributed by atoms with Crippen LogP contribution in [0.2, 0.25) is 5.02 Å². The molecule has 2 N–H and O–H groups in total. The Balaban J connectivity index is 2.10. The van der Waals surface area contributed by atoms with Crippen LogP contribution in [0.5, 0.6) is 5.75 Å². The Bertz CT molecular complexity index is 743. The van der Waals surface area contributed by atoms with Gasteiger partial charge in [-0.2, -0.15) is 0 Å². The van der Waals surface area contributed by atoms with Crippen molar-refractivity contribution < 1.29 is 19.4 Å². The summed E-state index contributed by atoms with van der Waals surface area (Å²) in [5.74, 6) is -0.799. The molecule has 0 radical (unpaired) electrons. The normalized spacial score (nSPS) is 11.6. The fraction of sp³-hybridized carbons (Fsp3) is 0.222.